The summed E-state index contributed by atoms with van der Waals surface area (Å²) in [5.41, 5.74) is 0.435. The second-order valence-electron chi connectivity index (χ2n) is 5.78. The van der Waals surface area contributed by atoms with Crippen molar-refractivity contribution in [3.63, 3.8) is 0 Å². The van der Waals surface area contributed by atoms with E-state index in [1.165, 1.54) is 0 Å². The van der Waals surface area contributed by atoms with Gasteiger partial charge in [-0.2, -0.15) is 0 Å². The van der Waals surface area contributed by atoms with Crippen molar-refractivity contribution >= 4 is 34.1 Å². The average Bonchev–Trinajstić information content (AvgIpc) is 2.66. The number of rotatable bonds is 6. The van der Waals surface area contributed by atoms with Crippen molar-refractivity contribution in [3.05, 3.63) is 77.3 Å². The molecule has 0 bridgehead atoms. The van der Waals surface area contributed by atoms with Gasteiger partial charge >= 0.3 is 5.97 Å². The molecule has 0 aromatic heterocycles. The molecule has 3 aromatic carbocycles. The Hall–Kier alpha value is -2.85. The van der Waals surface area contributed by atoms with Crippen LogP contribution in [0.4, 0.5) is 0 Å². The van der Waals surface area contributed by atoms with Gasteiger partial charge in [0.15, 0.2) is 18.5 Å². The summed E-state index contributed by atoms with van der Waals surface area (Å²) in [7, 11) is 0. The van der Waals surface area contributed by atoms with Gasteiger partial charge in [0.2, 0.25) is 0 Å². The van der Waals surface area contributed by atoms with Crippen LogP contribution in [0, 0.1) is 0 Å². The normalized spacial score (nSPS) is 11.8. The lowest BCUT2D eigenvalue weighted by molar-refractivity contribution is -0.149. The van der Waals surface area contributed by atoms with Gasteiger partial charge in [0, 0.05) is 16.0 Å². The number of fused-ring (bicyclic) bond motifs is 1. The van der Waals surface area contributed by atoms with Crippen LogP contribution >= 0.6 is 11.6 Å². The number of carbonyl (C=O) groups is 2. The van der Waals surface area contributed by atoms with E-state index in [2.05, 4.69) is 0 Å². The molecule has 3 rings (SSSR count). The van der Waals surface area contributed by atoms with Gasteiger partial charge in [0.05, 0.1) is 0 Å². The van der Waals surface area contributed by atoms with Crippen molar-refractivity contribution in [1.82, 2.24) is 0 Å². The molecule has 0 saturated carbocycles. The van der Waals surface area contributed by atoms with Crippen molar-refractivity contribution in [3.8, 4) is 5.75 Å². The first-order valence-corrected chi connectivity index (χ1v) is 8.52. The molecule has 0 fully saturated rings. The van der Waals surface area contributed by atoms with E-state index in [1.54, 1.807) is 37.3 Å². The molecule has 0 aliphatic carbocycles. The van der Waals surface area contributed by atoms with Crippen LogP contribution in [0.3, 0.4) is 0 Å². The minimum absolute atomic E-state index is 0.299. The lowest BCUT2D eigenvalue weighted by Gasteiger charge is -2.15. The van der Waals surface area contributed by atoms with E-state index in [0.717, 1.165) is 10.8 Å². The number of ether oxygens (including phenoxy) is 2. The molecule has 0 aliphatic rings. The fourth-order valence-electron chi connectivity index (χ4n) is 2.51. The zero-order valence-corrected chi connectivity index (χ0v) is 14.9. The molecule has 0 spiro atoms. The molecule has 0 saturated heterocycles. The molecule has 1 atom stereocenters. The molecular weight excluding hydrogens is 352 g/mol. The first-order chi connectivity index (χ1) is 12.5. The van der Waals surface area contributed by atoms with Crippen LogP contribution in [-0.2, 0) is 9.53 Å². The summed E-state index contributed by atoms with van der Waals surface area (Å²) in [5, 5.41) is 2.46. The predicted molar refractivity (Wildman–Crippen MR) is 101 cm³/mol. The second-order valence-corrected chi connectivity index (χ2v) is 6.21. The van der Waals surface area contributed by atoms with Crippen molar-refractivity contribution in [2.75, 3.05) is 6.61 Å². The number of hydrogen-bond acceptors (Lipinski definition) is 4. The minimum atomic E-state index is -0.834. The highest BCUT2D eigenvalue weighted by atomic mass is 35.5. The van der Waals surface area contributed by atoms with E-state index in [9.17, 15) is 9.59 Å². The Morgan fingerprint density at radius 2 is 1.65 bits per heavy atom. The van der Waals surface area contributed by atoms with Crippen LogP contribution in [0.25, 0.3) is 10.8 Å². The summed E-state index contributed by atoms with van der Waals surface area (Å²) in [6.07, 6.45) is -0.834. The minimum Gasteiger partial charge on any atom is -0.478 e. The lowest BCUT2D eigenvalue weighted by atomic mass is 10.1. The van der Waals surface area contributed by atoms with E-state index in [1.807, 2.05) is 36.4 Å². The van der Waals surface area contributed by atoms with E-state index in [-0.39, 0.29) is 12.4 Å². The highest BCUT2D eigenvalue weighted by molar-refractivity contribution is 6.30. The van der Waals surface area contributed by atoms with Crippen LogP contribution < -0.4 is 4.74 Å². The zero-order chi connectivity index (χ0) is 18.5. The maximum atomic E-state index is 12.2. The Morgan fingerprint density at radius 1 is 0.962 bits per heavy atom. The number of carbonyl (C=O) groups excluding carboxylic acids is 2. The highest BCUT2D eigenvalue weighted by Gasteiger charge is 2.19. The molecule has 4 nitrogen and oxygen atoms in total. The molecule has 0 heterocycles. The molecule has 1 unspecified atom stereocenters. The van der Waals surface area contributed by atoms with E-state index in [4.69, 9.17) is 21.1 Å². The van der Waals surface area contributed by atoms with Crippen molar-refractivity contribution < 1.29 is 19.1 Å². The van der Waals surface area contributed by atoms with Crippen molar-refractivity contribution in [1.29, 1.82) is 0 Å². The number of benzene rings is 3. The Labute approximate surface area is 156 Å². The van der Waals surface area contributed by atoms with E-state index in [0.29, 0.717) is 16.3 Å². The van der Waals surface area contributed by atoms with Gasteiger partial charge < -0.3 is 9.47 Å². The molecule has 5 heteroatoms. The lowest BCUT2D eigenvalue weighted by Crippen LogP contribution is -2.28. The Bertz CT molecular complexity index is 929. The summed E-state index contributed by atoms with van der Waals surface area (Å²) in [4.78, 5) is 24.2. The predicted octanol–water partition coefficient (Wildman–Crippen LogP) is 4.69. The molecule has 26 heavy (non-hydrogen) atoms. The fourth-order valence-corrected chi connectivity index (χ4v) is 2.64. The third kappa shape index (κ3) is 4.21. The second kappa shape index (κ2) is 8.02. The van der Waals surface area contributed by atoms with E-state index >= 15 is 0 Å². The number of halogens is 1. The van der Waals surface area contributed by atoms with Gasteiger partial charge in [-0.15, -0.1) is 0 Å². The average molecular weight is 369 g/mol. The SMILES string of the molecule is CC(Oc1cccc2ccccc12)C(=O)OCC(=O)c1ccc(Cl)cc1. The topological polar surface area (TPSA) is 52.6 Å². The van der Waals surface area contributed by atoms with Crippen LogP contribution in [-0.4, -0.2) is 24.5 Å². The molecule has 3 aromatic rings. The maximum Gasteiger partial charge on any atom is 0.347 e. The van der Waals surface area contributed by atoms with Crippen LogP contribution in [0.1, 0.15) is 17.3 Å². The third-order valence-corrected chi connectivity index (χ3v) is 4.15. The van der Waals surface area contributed by atoms with Gasteiger partial charge in [-0.3, -0.25) is 4.79 Å². The zero-order valence-electron chi connectivity index (χ0n) is 14.1. The van der Waals surface area contributed by atoms with Gasteiger partial charge in [-0.25, -0.2) is 4.79 Å². The first kappa shape index (κ1) is 18.0. The molecule has 0 amide bonds. The molecule has 0 radical (unpaired) electrons. The first-order valence-electron chi connectivity index (χ1n) is 8.14. The largest absolute Gasteiger partial charge is 0.478 e. The highest BCUT2D eigenvalue weighted by Crippen LogP contribution is 2.26. The summed E-state index contributed by atoms with van der Waals surface area (Å²) >= 11 is 5.79. The standard InChI is InChI=1S/C21H17ClO4/c1-14(26-20-8-4-6-15-5-2-3-7-18(15)20)21(24)25-13-19(23)16-9-11-17(22)12-10-16/h2-12,14H,13H2,1H3. The van der Waals surface area contributed by atoms with Gasteiger partial charge in [0.25, 0.3) is 0 Å². The quantitative estimate of drug-likeness (QED) is 0.468. The number of Topliss-reactive ketones (excluding diaryl/α,β-unsaturated/α-hetero) is 1. The Kier molecular flexibility index (Phi) is 5.54. The van der Waals surface area contributed by atoms with Crippen molar-refractivity contribution in [2.24, 2.45) is 0 Å². The van der Waals surface area contributed by atoms with Crippen LogP contribution in [0.15, 0.2) is 66.7 Å². The smallest absolute Gasteiger partial charge is 0.347 e. The van der Waals surface area contributed by atoms with Gasteiger partial charge in [0.1, 0.15) is 5.75 Å². The Balaban J connectivity index is 1.61. The van der Waals surface area contributed by atoms with Crippen LogP contribution in [0.5, 0.6) is 5.75 Å². The fraction of sp³-hybridized carbons (Fsp3) is 0.143. The number of hydrogen-bond donors (Lipinski definition) is 0. The monoisotopic (exact) mass is 368 g/mol. The summed E-state index contributed by atoms with van der Waals surface area (Å²) < 4.78 is 10.8. The molecular formula is C21H17ClO4. The van der Waals surface area contributed by atoms with Gasteiger partial charge in [-0.1, -0.05) is 48.0 Å². The van der Waals surface area contributed by atoms with Crippen molar-refractivity contribution in [2.45, 2.75) is 13.0 Å². The van der Waals surface area contributed by atoms with Crippen LogP contribution in [0.2, 0.25) is 5.02 Å². The number of esters is 1. The molecule has 0 N–H and O–H groups in total. The Morgan fingerprint density at radius 3 is 2.42 bits per heavy atom. The summed E-state index contributed by atoms with van der Waals surface area (Å²) in [6, 6.07) is 19.8. The van der Waals surface area contributed by atoms with E-state index < -0.39 is 12.1 Å². The summed E-state index contributed by atoms with van der Waals surface area (Å²) in [5.74, 6) is -0.302. The number of ketones is 1. The molecule has 0 aliphatic heterocycles. The van der Waals surface area contributed by atoms with Gasteiger partial charge in [-0.05, 0) is 42.6 Å². The third-order valence-electron chi connectivity index (χ3n) is 3.90. The summed E-state index contributed by atoms with van der Waals surface area (Å²) in [6.45, 7) is 1.25. The molecule has 132 valence electrons. The maximum absolute atomic E-state index is 12.2.